The fourth-order valence-corrected chi connectivity index (χ4v) is 3.26. The van der Waals surface area contributed by atoms with E-state index in [1.807, 2.05) is 0 Å². The topological polar surface area (TPSA) is 149 Å². The van der Waals surface area contributed by atoms with Gasteiger partial charge in [-0.3, -0.25) is 4.57 Å². The van der Waals surface area contributed by atoms with Crippen LogP contribution in [0.15, 0.2) is 17.1 Å². The van der Waals surface area contributed by atoms with Crippen LogP contribution in [-0.4, -0.2) is 51.3 Å². The minimum absolute atomic E-state index is 0.00879. The summed E-state index contributed by atoms with van der Waals surface area (Å²) >= 11 is 0. The lowest BCUT2D eigenvalue weighted by molar-refractivity contribution is -0.209. The van der Waals surface area contributed by atoms with Crippen molar-refractivity contribution >= 4 is 13.4 Å². The van der Waals surface area contributed by atoms with Crippen molar-refractivity contribution in [2.24, 2.45) is 0 Å². The Balaban J connectivity index is 2.30. The van der Waals surface area contributed by atoms with Gasteiger partial charge in [-0.2, -0.15) is 4.98 Å². The maximum atomic E-state index is 12.2. The predicted molar refractivity (Wildman–Crippen MR) is 91.5 cm³/mol. The van der Waals surface area contributed by atoms with Crippen molar-refractivity contribution in [3.63, 3.8) is 0 Å². The molecule has 5 atom stereocenters. The molecule has 1 aromatic rings. The molecule has 0 bridgehead atoms. The quantitative estimate of drug-likeness (QED) is 0.606. The summed E-state index contributed by atoms with van der Waals surface area (Å²) in [6, 6.07) is 1.37. The molecule has 3 N–H and O–H groups in total. The molecule has 0 spiro atoms. The Labute approximate surface area is 151 Å². The first-order chi connectivity index (χ1) is 12.0. The smallest absolute Gasteiger partial charge is 0.351 e. The molecule has 1 aromatic heterocycles. The molecule has 0 aliphatic carbocycles. The Kier molecular flexibility index (Phi) is 6.60. The minimum Gasteiger partial charge on any atom is -0.778 e. The summed E-state index contributed by atoms with van der Waals surface area (Å²) in [6.45, 7) is 6.55. The third kappa shape index (κ3) is 4.70. The monoisotopic (exact) mass is 390 g/mol. The number of aromatic nitrogens is 2. The van der Waals surface area contributed by atoms with Gasteiger partial charge in [0.1, 0.15) is 31.7 Å². The van der Waals surface area contributed by atoms with E-state index in [9.17, 15) is 19.4 Å². The fraction of sp³-hybridized carbons (Fsp3) is 0.733. The van der Waals surface area contributed by atoms with Crippen LogP contribution >= 0.6 is 7.60 Å². The number of hydrogen-bond acceptors (Lipinski definition) is 9. The van der Waals surface area contributed by atoms with Crippen molar-refractivity contribution in [3.05, 3.63) is 22.7 Å². The van der Waals surface area contributed by atoms with Crippen LogP contribution in [-0.2, 0) is 18.6 Å². The first kappa shape index (κ1) is 21.0. The Morgan fingerprint density at radius 1 is 1.46 bits per heavy atom. The van der Waals surface area contributed by atoms with Crippen LogP contribution in [0.25, 0.3) is 0 Å². The zero-order chi connectivity index (χ0) is 19.6. The van der Waals surface area contributed by atoms with Crippen molar-refractivity contribution < 1.29 is 28.6 Å². The molecule has 0 amide bonds. The van der Waals surface area contributed by atoms with Crippen molar-refractivity contribution in [2.45, 2.75) is 64.0 Å². The summed E-state index contributed by atoms with van der Waals surface area (Å²) in [4.78, 5) is 27.8. The largest absolute Gasteiger partial charge is 0.778 e. The first-order valence-electron chi connectivity index (χ1n) is 8.32. The molecular formula is C15H25N3O7P-. The SMILES string of the molecule is CC(C)OC[C@H]1O[C@@H](n2ccc(N)nc2=O)C(O)[C@H]1OP(=O)([O-])C(C)C. The molecular weight excluding hydrogens is 365 g/mol. The summed E-state index contributed by atoms with van der Waals surface area (Å²) in [5, 5.41) is 10.6. The third-order valence-electron chi connectivity index (χ3n) is 3.93. The van der Waals surface area contributed by atoms with Crippen molar-refractivity contribution in [3.8, 4) is 0 Å². The van der Waals surface area contributed by atoms with E-state index in [2.05, 4.69) is 4.98 Å². The van der Waals surface area contributed by atoms with E-state index in [0.717, 1.165) is 4.57 Å². The zero-order valence-corrected chi connectivity index (χ0v) is 16.0. The van der Waals surface area contributed by atoms with E-state index in [1.165, 1.54) is 26.1 Å². The summed E-state index contributed by atoms with van der Waals surface area (Å²) in [6.07, 6.45) is -3.51. The van der Waals surface area contributed by atoms with Crippen molar-refractivity contribution in [1.82, 2.24) is 9.55 Å². The van der Waals surface area contributed by atoms with Gasteiger partial charge in [-0.1, -0.05) is 13.8 Å². The third-order valence-corrected chi connectivity index (χ3v) is 5.73. The van der Waals surface area contributed by atoms with Gasteiger partial charge < -0.3 is 34.3 Å². The number of nitrogens with two attached hydrogens (primary N) is 1. The van der Waals surface area contributed by atoms with E-state index in [-0.39, 0.29) is 18.5 Å². The minimum atomic E-state index is -4.24. The number of anilines is 1. The van der Waals surface area contributed by atoms with Gasteiger partial charge in [0.05, 0.1) is 12.7 Å². The van der Waals surface area contributed by atoms with Gasteiger partial charge in [0.15, 0.2) is 6.23 Å². The standard InChI is InChI=1S/C15H26N3O7P/c1-8(2)23-7-10-13(25-26(21,22)9(3)4)12(19)14(24-10)18-6-5-11(16)17-15(18)20/h5-6,8-10,12-14,19H,7H2,1-4H3,(H,21,22)(H2,16,17,20)/p-1/t10-,12?,13+,14-/m1/s1. The van der Waals surface area contributed by atoms with Gasteiger partial charge in [-0.25, -0.2) is 4.79 Å². The first-order valence-corrected chi connectivity index (χ1v) is 9.93. The molecule has 10 nitrogen and oxygen atoms in total. The molecule has 0 aromatic carbocycles. The lowest BCUT2D eigenvalue weighted by Crippen LogP contribution is -2.39. The van der Waals surface area contributed by atoms with E-state index in [4.69, 9.17) is 19.7 Å². The van der Waals surface area contributed by atoms with Crippen LogP contribution < -0.4 is 16.3 Å². The van der Waals surface area contributed by atoms with Crippen LogP contribution in [0.4, 0.5) is 5.82 Å². The second kappa shape index (κ2) is 8.16. The predicted octanol–water partition coefficient (Wildman–Crippen LogP) is -0.144. The van der Waals surface area contributed by atoms with Crippen molar-refractivity contribution in [2.75, 3.05) is 12.3 Å². The van der Waals surface area contributed by atoms with Crippen LogP contribution in [0.5, 0.6) is 0 Å². The normalized spacial score (nSPS) is 28.6. The van der Waals surface area contributed by atoms with E-state index >= 15 is 0 Å². The summed E-state index contributed by atoms with van der Waals surface area (Å²) < 4.78 is 29.6. The maximum absolute atomic E-state index is 12.2. The van der Waals surface area contributed by atoms with Crippen LogP contribution in [0.2, 0.25) is 0 Å². The van der Waals surface area contributed by atoms with Crippen LogP contribution in [0.1, 0.15) is 33.9 Å². The van der Waals surface area contributed by atoms with E-state index in [0.29, 0.717) is 0 Å². The summed E-state index contributed by atoms with van der Waals surface area (Å²) in [5.41, 5.74) is 3.96. The number of rotatable bonds is 7. The number of aliphatic hydroxyl groups excluding tert-OH is 1. The average molecular weight is 390 g/mol. The lowest BCUT2D eigenvalue weighted by Gasteiger charge is -2.33. The molecule has 2 unspecified atom stereocenters. The number of aliphatic hydroxyl groups is 1. The molecule has 148 valence electrons. The van der Waals surface area contributed by atoms with Crippen LogP contribution in [0, 0.1) is 0 Å². The highest BCUT2D eigenvalue weighted by Crippen LogP contribution is 2.47. The maximum Gasteiger partial charge on any atom is 0.351 e. The van der Waals surface area contributed by atoms with E-state index in [1.54, 1.807) is 13.8 Å². The van der Waals surface area contributed by atoms with Gasteiger partial charge >= 0.3 is 5.69 Å². The van der Waals surface area contributed by atoms with Gasteiger partial charge in [-0.05, 0) is 19.9 Å². The Bertz CT molecular complexity index is 723. The highest BCUT2D eigenvalue weighted by molar-refractivity contribution is 7.52. The second-order valence-electron chi connectivity index (χ2n) is 6.68. The second-order valence-corrected chi connectivity index (χ2v) is 9.01. The highest BCUT2D eigenvalue weighted by atomic mass is 31.2. The highest BCUT2D eigenvalue weighted by Gasteiger charge is 2.47. The molecule has 0 saturated carbocycles. The zero-order valence-electron chi connectivity index (χ0n) is 15.1. The summed E-state index contributed by atoms with van der Waals surface area (Å²) in [5.74, 6) is 0.0232. The summed E-state index contributed by atoms with van der Waals surface area (Å²) in [7, 11) is -4.24. The number of nitrogens with zero attached hydrogens (tertiary/aromatic N) is 2. The van der Waals surface area contributed by atoms with E-state index < -0.39 is 43.5 Å². The molecule has 0 radical (unpaired) electrons. The van der Waals surface area contributed by atoms with Gasteiger partial charge in [0, 0.05) is 11.9 Å². The van der Waals surface area contributed by atoms with Gasteiger partial charge in [0.2, 0.25) is 0 Å². The molecule has 1 fully saturated rings. The molecule has 1 aliphatic heterocycles. The Morgan fingerprint density at radius 2 is 2.12 bits per heavy atom. The molecule has 11 heteroatoms. The Hall–Kier alpha value is -1.29. The Morgan fingerprint density at radius 3 is 2.65 bits per heavy atom. The van der Waals surface area contributed by atoms with Gasteiger partial charge in [0.25, 0.3) is 0 Å². The van der Waals surface area contributed by atoms with Gasteiger partial charge in [-0.15, -0.1) is 0 Å². The number of hydrogen-bond donors (Lipinski definition) is 2. The molecule has 1 saturated heterocycles. The number of ether oxygens (including phenoxy) is 2. The number of nitrogen functional groups attached to an aromatic ring is 1. The average Bonchev–Trinajstić information content (AvgIpc) is 2.81. The van der Waals surface area contributed by atoms with Crippen molar-refractivity contribution in [1.29, 1.82) is 0 Å². The molecule has 26 heavy (non-hydrogen) atoms. The molecule has 1 aliphatic rings. The molecule has 2 rings (SSSR count). The van der Waals surface area contributed by atoms with Crippen LogP contribution in [0.3, 0.4) is 0 Å². The fourth-order valence-electron chi connectivity index (χ4n) is 2.41. The molecule has 2 heterocycles. The lowest BCUT2D eigenvalue weighted by atomic mass is 10.1.